The number of hydrogen-bond donors (Lipinski definition) is 1. The van der Waals surface area contributed by atoms with Gasteiger partial charge in [0, 0.05) is 0 Å². The SMILES string of the molecule is CC1CCC2(O)CCC1C2. The Morgan fingerprint density at radius 3 is 2.70 bits per heavy atom. The molecular weight excluding hydrogens is 124 g/mol. The Labute approximate surface area is 62.4 Å². The van der Waals surface area contributed by atoms with Gasteiger partial charge < -0.3 is 5.11 Å². The van der Waals surface area contributed by atoms with Gasteiger partial charge in [-0.25, -0.2) is 0 Å². The highest BCUT2D eigenvalue weighted by atomic mass is 16.3. The standard InChI is InChI=1S/C9H16O/c1-7-2-4-9(10)5-3-8(7)6-9/h7-8,10H,2-6H2,1H3. The minimum atomic E-state index is -0.225. The fourth-order valence-corrected chi connectivity index (χ4v) is 2.59. The highest BCUT2D eigenvalue weighted by Gasteiger charge is 2.43. The molecule has 0 amide bonds. The largest absolute Gasteiger partial charge is 0.390 e. The smallest absolute Gasteiger partial charge is 0.0650 e. The molecule has 0 aromatic heterocycles. The van der Waals surface area contributed by atoms with Crippen LogP contribution in [0.4, 0.5) is 0 Å². The van der Waals surface area contributed by atoms with Gasteiger partial charge in [-0.1, -0.05) is 6.92 Å². The molecule has 3 unspecified atom stereocenters. The van der Waals surface area contributed by atoms with E-state index in [1.165, 1.54) is 12.8 Å². The van der Waals surface area contributed by atoms with Crippen molar-refractivity contribution in [1.29, 1.82) is 0 Å². The van der Waals surface area contributed by atoms with Gasteiger partial charge in [0.05, 0.1) is 5.60 Å². The van der Waals surface area contributed by atoms with Crippen LogP contribution in [0, 0.1) is 11.8 Å². The van der Waals surface area contributed by atoms with Crippen LogP contribution in [-0.2, 0) is 0 Å². The lowest BCUT2D eigenvalue weighted by molar-refractivity contribution is 0.00774. The summed E-state index contributed by atoms with van der Waals surface area (Å²) >= 11 is 0. The molecule has 1 heteroatoms. The number of hydrogen-bond acceptors (Lipinski definition) is 1. The Balaban J connectivity index is 2.12. The second-order valence-corrected chi connectivity index (χ2v) is 4.24. The molecule has 1 nitrogen and oxygen atoms in total. The zero-order chi connectivity index (χ0) is 7.19. The lowest BCUT2D eigenvalue weighted by Gasteiger charge is -2.31. The van der Waals surface area contributed by atoms with Crippen molar-refractivity contribution in [3.8, 4) is 0 Å². The molecular formula is C9H16O. The van der Waals surface area contributed by atoms with E-state index >= 15 is 0 Å². The highest BCUT2D eigenvalue weighted by Crippen LogP contribution is 2.47. The molecule has 2 aliphatic rings. The molecule has 2 rings (SSSR count). The summed E-state index contributed by atoms with van der Waals surface area (Å²) in [5.41, 5.74) is -0.225. The van der Waals surface area contributed by atoms with Crippen molar-refractivity contribution in [2.24, 2.45) is 11.8 Å². The molecule has 0 spiro atoms. The van der Waals surface area contributed by atoms with Crippen LogP contribution in [0.3, 0.4) is 0 Å². The minimum absolute atomic E-state index is 0.225. The Kier molecular flexibility index (Phi) is 1.31. The molecule has 1 N–H and O–H groups in total. The average Bonchev–Trinajstić information content (AvgIpc) is 2.23. The van der Waals surface area contributed by atoms with Crippen LogP contribution in [-0.4, -0.2) is 10.7 Å². The van der Waals surface area contributed by atoms with Crippen LogP contribution in [0.5, 0.6) is 0 Å². The van der Waals surface area contributed by atoms with Crippen LogP contribution < -0.4 is 0 Å². The van der Waals surface area contributed by atoms with Crippen molar-refractivity contribution in [3.63, 3.8) is 0 Å². The molecule has 3 atom stereocenters. The molecule has 0 heterocycles. The Morgan fingerprint density at radius 1 is 1.30 bits per heavy atom. The van der Waals surface area contributed by atoms with Crippen molar-refractivity contribution >= 4 is 0 Å². The summed E-state index contributed by atoms with van der Waals surface area (Å²) < 4.78 is 0. The van der Waals surface area contributed by atoms with Crippen molar-refractivity contribution in [2.45, 2.75) is 44.6 Å². The second-order valence-electron chi connectivity index (χ2n) is 4.24. The van der Waals surface area contributed by atoms with Gasteiger partial charge >= 0.3 is 0 Å². The Morgan fingerprint density at radius 2 is 2.00 bits per heavy atom. The van der Waals surface area contributed by atoms with Gasteiger partial charge in [-0.2, -0.15) is 0 Å². The first kappa shape index (κ1) is 6.66. The predicted octanol–water partition coefficient (Wildman–Crippen LogP) is 1.95. The summed E-state index contributed by atoms with van der Waals surface area (Å²) in [6.45, 7) is 2.33. The first-order valence-corrected chi connectivity index (χ1v) is 4.42. The summed E-state index contributed by atoms with van der Waals surface area (Å²) in [6, 6.07) is 0. The number of fused-ring (bicyclic) bond motifs is 2. The maximum absolute atomic E-state index is 9.84. The number of rotatable bonds is 0. The van der Waals surface area contributed by atoms with Crippen molar-refractivity contribution in [2.75, 3.05) is 0 Å². The average molecular weight is 140 g/mol. The molecule has 0 aromatic carbocycles. The van der Waals surface area contributed by atoms with Gasteiger partial charge in [-0.05, 0) is 43.9 Å². The summed E-state index contributed by atoms with van der Waals surface area (Å²) in [4.78, 5) is 0. The molecule has 0 aromatic rings. The first-order chi connectivity index (χ1) is 4.70. The van der Waals surface area contributed by atoms with Crippen LogP contribution in [0.15, 0.2) is 0 Å². The van der Waals surface area contributed by atoms with E-state index < -0.39 is 0 Å². The van der Waals surface area contributed by atoms with Gasteiger partial charge in [0.25, 0.3) is 0 Å². The quantitative estimate of drug-likeness (QED) is 0.545. The van der Waals surface area contributed by atoms with E-state index in [2.05, 4.69) is 6.92 Å². The molecule has 2 fully saturated rings. The summed E-state index contributed by atoms with van der Waals surface area (Å²) in [5.74, 6) is 1.72. The van der Waals surface area contributed by atoms with Crippen molar-refractivity contribution < 1.29 is 5.11 Å². The van der Waals surface area contributed by atoms with E-state index in [4.69, 9.17) is 0 Å². The zero-order valence-electron chi connectivity index (χ0n) is 6.64. The third-order valence-electron chi connectivity index (χ3n) is 3.49. The minimum Gasteiger partial charge on any atom is -0.390 e. The van der Waals surface area contributed by atoms with Crippen molar-refractivity contribution in [3.05, 3.63) is 0 Å². The van der Waals surface area contributed by atoms with Crippen molar-refractivity contribution in [1.82, 2.24) is 0 Å². The van der Waals surface area contributed by atoms with E-state index in [1.54, 1.807) is 0 Å². The molecule has 58 valence electrons. The predicted molar refractivity (Wildman–Crippen MR) is 40.7 cm³/mol. The lowest BCUT2D eigenvalue weighted by Crippen LogP contribution is -2.30. The summed E-state index contributed by atoms with van der Waals surface area (Å²) in [5, 5.41) is 9.84. The normalized spacial score (nSPS) is 53.4. The maximum Gasteiger partial charge on any atom is 0.0650 e. The van der Waals surface area contributed by atoms with Crippen LogP contribution in [0.1, 0.15) is 39.0 Å². The highest BCUT2D eigenvalue weighted by molar-refractivity contribution is 4.95. The van der Waals surface area contributed by atoms with Gasteiger partial charge in [-0.3, -0.25) is 0 Å². The van der Waals surface area contributed by atoms with Crippen LogP contribution >= 0.6 is 0 Å². The molecule has 2 bridgehead atoms. The van der Waals surface area contributed by atoms with Gasteiger partial charge in [0.15, 0.2) is 0 Å². The van der Waals surface area contributed by atoms with Crippen LogP contribution in [0.25, 0.3) is 0 Å². The Hall–Kier alpha value is -0.0400. The fourth-order valence-electron chi connectivity index (χ4n) is 2.59. The molecule has 2 saturated carbocycles. The molecule has 2 aliphatic carbocycles. The lowest BCUT2D eigenvalue weighted by atomic mass is 9.79. The molecule has 0 saturated heterocycles. The molecule has 0 radical (unpaired) electrons. The van der Waals surface area contributed by atoms with E-state index in [1.807, 2.05) is 0 Å². The first-order valence-electron chi connectivity index (χ1n) is 4.42. The van der Waals surface area contributed by atoms with E-state index in [0.29, 0.717) is 0 Å². The van der Waals surface area contributed by atoms with Gasteiger partial charge in [0.2, 0.25) is 0 Å². The third kappa shape index (κ3) is 0.878. The topological polar surface area (TPSA) is 20.2 Å². The third-order valence-corrected chi connectivity index (χ3v) is 3.49. The van der Waals surface area contributed by atoms with Crippen LogP contribution in [0.2, 0.25) is 0 Å². The second kappa shape index (κ2) is 1.97. The summed E-state index contributed by atoms with van der Waals surface area (Å²) in [6.07, 6.45) is 5.75. The van der Waals surface area contributed by atoms with E-state index in [9.17, 15) is 5.11 Å². The zero-order valence-corrected chi connectivity index (χ0v) is 6.64. The van der Waals surface area contributed by atoms with Gasteiger partial charge in [0.1, 0.15) is 0 Å². The monoisotopic (exact) mass is 140 g/mol. The molecule has 10 heavy (non-hydrogen) atoms. The van der Waals surface area contributed by atoms with Gasteiger partial charge in [-0.15, -0.1) is 0 Å². The maximum atomic E-state index is 9.84. The van der Waals surface area contributed by atoms with E-state index in [-0.39, 0.29) is 5.60 Å². The number of aliphatic hydroxyl groups is 1. The Bertz CT molecular complexity index is 144. The van der Waals surface area contributed by atoms with E-state index in [0.717, 1.165) is 31.1 Å². The fraction of sp³-hybridized carbons (Fsp3) is 1.00. The molecule has 0 aliphatic heterocycles. The summed E-state index contributed by atoms with van der Waals surface area (Å²) in [7, 11) is 0.